The van der Waals surface area contributed by atoms with Crippen molar-refractivity contribution in [3.63, 3.8) is 0 Å². The van der Waals surface area contributed by atoms with Gasteiger partial charge in [0.2, 0.25) is 0 Å². The molecule has 0 radical (unpaired) electrons. The zero-order valence-corrected chi connectivity index (χ0v) is 12.3. The van der Waals surface area contributed by atoms with E-state index in [-0.39, 0.29) is 0 Å². The molecular formula is C17H13N3S. The van der Waals surface area contributed by atoms with E-state index in [9.17, 15) is 0 Å². The zero-order chi connectivity index (χ0) is 14.2. The highest BCUT2D eigenvalue weighted by Crippen LogP contribution is 2.35. The molecule has 3 nitrogen and oxygen atoms in total. The number of aromatic nitrogens is 3. The Balaban J connectivity index is 1.87. The van der Waals surface area contributed by atoms with Crippen LogP contribution in [0.2, 0.25) is 0 Å². The first kappa shape index (κ1) is 12.3. The van der Waals surface area contributed by atoms with E-state index in [2.05, 4.69) is 35.3 Å². The number of aromatic amines is 1. The van der Waals surface area contributed by atoms with Gasteiger partial charge >= 0.3 is 0 Å². The Morgan fingerprint density at radius 3 is 2.52 bits per heavy atom. The van der Waals surface area contributed by atoms with Crippen molar-refractivity contribution in [1.82, 2.24) is 15.2 Å². The highest BCUT2D eigenvalue weighted by Gasteiger charge is 2.15. The molecular weight excluding hydrogens is 278 g/mol. The quantitative estimate of drug-likeness (QED) is 0.583. The Morgan fingerprint density at radius 2 is 1.67 bits per heavy atom. The second-order valence-electron chi connectivity index (χ2n) is 4.91. The molecule has 0 aliphatic carbocycles. The van der Waals surface area contributed by atoms with E-state index in [0.29, 0.717) is 0 Å². The molecule has 0 unspecified atom stereocenters. The fraction of sp³-hybridized carbons (Fsp3) is 0.0588. The topological polar surface area (TPSA) is 41.6 Å². The van der Waals surface area contributed by atoms with Crippen molar-refractivity contribution >= 4 is 22.2 Å². The molecule has 1 N–H and O–H groups in total. The monoisotopic (exact) mass is 291 g/mol. The van der Waals surface area contributed by atoms with Crippen molar-refractivity contribution in [3.8, 4) is 22.0 Å². The van der Waals surface area contributed by atoms with Crippen LogP contribution in [0.3, 0.4) is 0 Å². The summed E-state index contributed by atoms with van der Waals surface area (Å²) in [6.45, 7) is 2.11. The largest absolute Gasteiger partial charge is 0.277 e. The smallest absolute Gasteiger partial charge is 0.145 e. The van der Waals surface area contributed by atoms with Crippen LogP contribution < -0.4 is 0 Å². The number of hydrogen-bond donors (Lipinski definition) is 1. The maximum absolute atomic E-state index is 4.81. The third-order valence-corrected chi connectivity index (χ3v) is 4.49. The number of hydrogen-bond acceptors (Lipinski definition) is 3. The van der Waals surface area contributed by atoms with Gasteiger partial charge in [-0.25, -0.2) is 4.98 Å². The minimum absolute atomic E-state index is 0.931. The molecule has 0 fully saturated rings. The van der Waals surface area contributed by atoms with Crippen LogP contribution in [0.25, 0.3) is 32.9 Å². The minimum Gasteiger partial charge on any atom is -0.277 e. The maximum Gasteiger partial charge on any atom is 0.145 e. The fourth-order valence-electron chi connectivity index (χ4n) is 2.49. The van der Waals surface area contributed by atoms with Gasteiger partial charge in [-0.2, -0.15) is 5.10 Å². The summed E-state index contributed by atoms with van der Waals surface area (Å²) in [5.41, 5.74) is 4.17. The molecule has 0 amide bonds. The third-order valence-electron chi connectivity index (χ3n) is 3.52. The van der Waals surface area contributed by atoms with E-state index < -0.39 is 0 Å². The van der Waals surface area contributed by atoms with Gasteiger partial charge in [-0.3, -0.25) is 5.10 Å². The number of fused-ring (bicyclic) bond motifs is 1. The van der Waals surface area contributed by atoms with Gasteiger partial charge in [0, 0.05) is 15.8 Å². The lowest BCUT2D eigenvalue weighted by Gasteiger charge is -1.96. The molecule has 2 aromatic carbocycles. The fourth-order valence-corrected chi connectivity index (χ4v) is 3.43. The first-order valence-corrected chi connectivity index (χ1v) is 7.61. The molecule has 0 bridgehead atoms. The van der Waals surface area contributed by atoms with Gasteiger partial charge in [0.15, 0.2) is 0 Å². The van der Waals surface area contributed by atoms with Gasteiger partial charge in [0.25, 0.3) is 0 Å². The summed E-state index contributed by atoms with van der Waals surface area (Å²) in [5, 5.41) is 9.59. The standard InChI is InChI=1S/C17H13N3S/c1-11-15(12-7-3-2-4-8-12)18-17(21-11)16-13-9-5-6-10-14(13)19-20-16/h2-10H,1H3,(H,19,20). The SMILES string of the molecule is Cc1sc(-c2n[nH]c3ccccc23)nc1-c1ccccc1. The van der Waals surface area contributed by atoms with E-state index in [1.807, 2.05) is 36.4 Å². The van der Waals surface area contributed by atoms with Crippen molar-refractivity contribution < 1.29 is 0 Å². The second kappa shape index (κ2) is 4.82. The predicted molar refractivity (Wildman–Crippen MR) is 87.4 cm³/mol. The molecule has 0 saturated carbocycles. The molecule has 4 aromatic rings. The van der Waals surface area contributed by atoms with Crippen molar-refractivity contribution in [2.24, 2.45) is 0 Å². The number of H-pyrrole nitrogens is 1. The van der Waals surface area contributed by atoms with Crippen LogP contribution in [0.15, 0.2) is 54.6 Å². The van der Waals surface area contributed by atoms with E-state index in [0.717, 1.165) is 32.9 Å². The number of para-hydroxylation sites is 1. The lowest BCUT2D eigenvalue weighted by atomic mass is 10.1. The van der Waals surface area contributed by atoms with Gasteiger partial charge in [0.1, 0.15) is 10.7 Å². The number of thiazole rings is 1. The predicted octanol–water partition coefficient (Wildman–Crippen LogP) is 4.66. The van der Waals surface area contributed by atoms with Crippen LogP contribution >= 0.6 is 11.3 Å². The molecule has 0 atom stereocenters. The lowest BCUT2D eigenvalue weighted by Crippen LogP contribution is -1.81. The van der Waals surface area contributed by atoms with Crippen LogP contribution in [0.1, 0.15) is 4.88 Å². The van der Waals surface area contributed by atoms with Gasteiger partial charge in [-0.05, 0) is 13.0 Å². The molecule has 0 spiro atoms. The maximum atomic E-state index is 4.81. The summed E-state index contributed by atoms with van der Waals surface area (Å²) < 4.78 is 0. The van der Waals surface area contributed by atoms with E-state index in [4.69, 9.17) is 4.98 Å². The average molecular weight is 291 g/mol. The Kier molecular flexibility index (Phi) is 2.82. The summed E-state index contributed by atoms with van der Waals surface area (Å²) in [7, 11) is 0. The average Bonchev–Trinajstić information content (AvgIpc) is 3.11. The molecule has 21 heavy (non-hydrogen) atoms. The molecule has 4 heteroatoms. The van der Waals surface area contributed by atoms with Crippen LogP contribution in [0.5, 0.6) is 0 Å². The van der Waals surface area contributed by atoms with Crippen molar-refractivity contribution in [2.45, 2.75) is 6.92 Å². The number of aryl methyl sites for hydroxylation is 1. The van der Waals surface area contributed by atoms with Gasteiger partial charge < -0.3 is 0 Å². The summed E-state index contributed by atoms with van der Waals surface area (Å²) in [6, 6.07) is 18.4. The van der Waals surface area contributed by atoms with E-state index in [1.165, 1.54) is 4.88 Å². The third kappa shape index (κ3) is 2.04. The number of rotatable bonds is 2. The highest BCUT2D eigenvalue weighted by atomic mass is 32.1. The molecule has 0 saturated heterocycles. The first-order chi connectivity index (χ1) is 10.3. The zero-order valence-electron chi connectivity index (χ0n) is 11.5. The van der Waals surface area contributed by atoms with E-state index >= 15 is 0 Å². The number of nitrogens with one attached hydrogen (secondary N) is 1. The summed E-state index contributed by atoms with van der Waals surface area (Å²) in [5.74, 6) is 0. The van der Waals surface area contributed by atoms with Crippen molar-refractivity contribution in [1.29, 1.82) is 0 Å². The summed E-state index contributed by atoms with van der Waals surface area (Å²) in [6.07, 6.45) is 0. The van der Waals surface area contributed by atoms with Crippen LogP contribution in [-0.2, 0) is 0 Å². The first-order valence-electron chi connectivity index (χ1n) is 6.79. The Labute approximate surface area is 126 Å². The minimum atomic E-state index is 0.931. The van der Waals surface area contributed by atoms with E-state index in [1.54, 1.807) is 11.3 Å². The number of benzene rings is 2. The molecule has 102 valence electrons. The Hall–Kier alpha value is -2.46. The molecule has 0 aliphatic rings. The highest BCUT2D eigenvalue weighted by molar-refractivity contribution is 7.15. The summed E-state index contributed by atoms with van der Waals surface area (Å²) in [4.78, 5) is 6.02. The number of nitrogens with zero attached hydrogens (tertiary/aromatic N) is 2. The van der Waals surface area contributed by atoms with Crippen LogP contribution in [0, 0.1) is 6.92 Å². The summed E-state index contributed by atoms with van der Waals surface area (Å²) >= 11 is 1.69. The molecule has 0 aliphatic heterocycles. The van der Waals surface area contributed by atoms with Crippen molar-refractivity contribution in [2.75, 3.05) is 0 Å². The molecule has 4 rings (SSSR count). The van der Waals surface area contributed by atoms with Gasteiger partial charge in [-0.15, -0.1) is 11.3 Å². The van der Waals surface area contributed by atoms with Gasteiger partial charge in [0.05, 0.1) is 11.2 Å². The Morgan fingerprint density at radius 1 is 0.905 bits per heavy atom. The van der Waals surface area contributed by atoms with Crippen LogP contribution in [-0.4, -0.2) is 15.2 Å². The second-order valence-corrected chi connectivity index (χ2v) is 6.11. The molecule has 2 aromatic heterocycles. The van der Waals surface area contributed by atoms with Crippen molar-refractivity contribution in [3.05, 3.63) is 59.5 Å². The Bertz CT molecular complexity index is 906. The lowest BCUT2D eigenvalue weighted by molar-refractivity contribution is 1.12. The molecule has 2 heterocycles. The normalized spacial score (nSPS) is 11.1. The van der Waals surface area contributed by atoms with Crippen LogP contribution in [0.4, 0.5) is 0 Å². The van der Waals surface area contributed by atoms with Gasteiger partial charge in [-0.1, -0.05) is 48.5 Å².